The first kappa shape index (κ1) is 17.0. The molecule has 6 nitrogen and oxygen atoms in total. The second-order valence-electron chi connectivity index (χ2n) is 7.17. The fraction of sp³-hybridized carbons (Fsp3) is 0.450. The van der Waals surface area contributed by atoms with Gasteiger partial charge in [0.2, 0.25) is 0 Å². The fourth-order valence-corrected chi connectivity index (χ4v) is 3.52. The smallest absolute Gasteiger partial charge is 0.129 e. The van der Waals surface area contributed by atoms with E-state index in [9.17, 15) is 0 Å². The van der Waals surface area contributed by atoms with Gasteiger partial charge in [0.1, 0.15) is 5.82 Å². The molecule has 2 aliphatic rings. The Kier molecular flexibility index (Phi) is 4.59. The Bertz CT molecular complexity index is 810. The maximum absolute atomic E-state index is 8.67. The van der Waals surface area contributed by atoms with Crippen LogP contribution in [0.4, 0.5) is 11.5 Å². The summed E-state index contributed by atoms with van der Waals surface area (Å²) in [4.78, 5) is 11.2. The average molecular weight is 351 g/mol. The van der Waals surface area contributed by atoms with Crippen molar-refractivity contribution in [3.8, 4) is 0 Å². The highest BCUT2D eigenvalue weighted by Gasteiger charge is 2.26. The number of ether oxygens (including phenoxy) is 1. The summed E-state index contributed by atoms with van der Waals surface area (Å²) in [6, 6.07) is 5.86. The van der Waals surface area contributed by atoms with Gasteiger partial charge in [-0.05, 0) is 43.9 Å². The van der Waals surface area contributed by atoms with Crippen molar-refractivity contribution < 1.29 is 4.74 Å². The zero-order valence-electron chi connectivity index (χ0n) is 15.1. The molecular formula is C20H25N5O. The van der Waals surface area contributed by atoms with E-state index in [-0.39, 0.29) is 0 Å². The molecule has 1 aliphatic carbocycles. The number of nitrogens with two attached hydrogens (primary N) is 1. The van der Waals surface area contributed by atoms with E-state index in [1.807, 2.05) is 18.2 Å². The van der Waals surface area contributed by atoms with Gasteiger partial charge in [-0.3, -0.25) is 10.4 Å². The predicted molar refractivity (Wildman–Crippen MR) is 103 cm³/mol. The summed E-state index contributed by atoms with van der Waals surface area (Å²) in [5, 5.41) is 8.67. The van der Waals surface area contributed by atoms with Crippen molar-refractivity contribution in [2.24, 2.45) is 0 Å². The zero-order chi connectivity index (χ0) is 18.1. The van der Waals surface area contributed by atoms with Gasteiger partial charge in [-0.1, -0.05) is 0 Å². The third-order valence-corrected chi connectivity index (χ3v) is 5.35. The molecule has 2 aromatic heterocycles. The minimum Gasteiger partial charge on any atom is -0.397 e. The summed E-state index contributed by atoms with van der Waals surface area (Å²) in [5.41, 5.74) is 9.75. The molecule has 0 bridgehead atoms. The molecule has 0 unspecified atom stereocenters. The number of hydrogen-bond donors (Lipinski definition) is 2. The number of nitrogen functional groups attached to an aromatic ring is 1. The highest BCUT2D eigenvalue weighted by Crippen LogP contribution is 2.39. The normalized spacial score (nSPS) is 18.1. The molecule has 2 aromatic rings. The lowest BCUT2D eigenvalue weighted by Gasteiger charge is -2.32. The van der Waals surface area contributed by atoms with E-state index in [2.05, 4.69) is 14.9 Å². The molecule has 26 heavy (non-hydrogen) atoms. The predicted octanol–water partition coefficient (Wildman–Crippen LogP) is 2.97. The first-order valence-corrected chi connectivity index (χ1v) is 9.24. The maximum Gasteiger partial charge on any atom is 0.129 e. The molecule has 2 fully saturated rings. The zero-order valence-corrected chi connectivity index (χ0v) is 15.1. The molecular weight excluding hydrogens is 326 g/mol. The molecule has 1 aliphatic heterocycles. The van der Waals surface area contributed by atoms with Gasteiger partial charge in [0.25, 0.3) is 0 Å². The Labute approximate surface area is 153 Å². The fourth-order valence-electron chi connectivity index (χ4n) is 3.52. The van der Waals surface area contributed by atoms with E-state index in [0.717, 1.165) is 48.6 Å². The molecule has 6 heteroatoms. The molecule has 3 heterocycles. The molecule has 1 saturated carbocycles. The van der Waals surface area contributed by atoms with Gasteiger partial charge in [-0.25, -0.2) is 4.98 Å². The van der Waals surface area contributed by atoms with Gasteiger partial charge in [-0.15, -0.1) is 0 Å². The Balaban J connectivity index is 1.56. The molecule has 0 amide bonds. The number of aromatic nitrogens is 2. The lowest BCUT2D eigenvalue weighted by molar-refractivity contribution is 0.0818. The average Bonchev–Trinajstić information content (AvgIpc) is 3.53. The second kappa shape index (κ2) is 7.03. The topological polar surface area (TPSA) is 88.1 Å². The molecule has 4 rings (SSSR count). The third-order valence-electron chi connectivity index (χ3n) is 5.35. The minimum atomic E-state index is 0.338. The van der Waals surface area contributed by atoms with Crippen LogP contribution in [0.15, 0.2) is 30.6 Å². The number of rotatable bonds is 5. The van der Waals surface area contributed by atoms with E-state index >= 15 is 0 Å². The monoisotopic (exact) mass is 351 g/mol. The lowest BCUT2D eigenvalue weighted by atomic mass is 10.0. The Hall–Kier alpha value is -2.47. The van der Waals surface area contributed by atoms with Crippen LogP contribution in [0, 0.1) is 5.41 Å². The first-order chi connectivity index (χ1) is 12.7. The van der Waals surface area contributed by atoms with Crippen LogP contribution in [-0.4, -0.2) is 42.0 Å². The standard InChI is InChI=1S/C20H25N5O/c1-26-15-5-8-25(9-6-15)19-10-14(4-7-23-19)20(22)16-11-18(13-2-3-13)24-12-17(16)21/h4,7,10-13,15,22H,2-3,5-6,8-9,21H2,1H3. The van der Waals surface area contributed by atoms with Crippen molar-refractivity contribution in [3.63, 3.8) is 0 Å². The van der Waals surface area contributed by atoms with Gasteiger partial charge >= 0.3 is 0 Å². The van der Waals surface area contributed by atoms with E-state index in [0.29, 0.717) is 23.4 Å². The molecule has 0 aromatic carbocycles. The van der Waals surface area contributed by atoms with Crippen LogP contribution in [0.25, 0.3) is 0 Å². The highest BCUT2D eigenvalue weighted by molar-refractivity contribution is 6.14. The molecule has 0 atom stereocenters. The Morgan fingerprint density at radius 3 is 2.65 bits per heavy atom. The van der Waals surface area contributed by atoms with Gasteiger partial charge < -0.3 is 15.4 Å². The molecule has 0 spiro atoms. The summed E-state index contributed by atoms with van der Waals surface area (Å²) < 4.78 is 5.44. The number of methoxy groups -OCH3 is 1. The van der Waals surface area contributed by atoms with Crippen LogP contribution >= 0.6 is 0 Å². The van der Waals surface area contributed by atoms with Crippen LogP contribution in [0.5, 0.6) is 0 Å². The number of piperidine rings is 1. The number of nitrogens with one attached hydrogen (secondary N) is 1. The molecule has 0 radical (unpaired) electrons. The van der Waals surface area contributed by atoms with Gasteiger partial charge in [0, 0.05) is 49.1 Å². The van der Waals surface area contributed by atoms with Crippen molar-refractivity contribution in [2.45, 2.75) is 37.7 Å². The third kappa shape index (κ3) is 3.42. The second-order valence-corrected chi connectivity index (χ2v) is 7.17. The summed E-state index contributed by atoms with van der Waals surface area (Å²) >= 11 is 0. The van der Waals surface area contributed by atoms with Crippen molar-refractivity contribution in [2.75, 3.05) is 30.8 Å². The Morgan fingerprint density at radius 1 is 1.19 bits per heavy atom. The molecule has 1 saturated heterocycles. The van der Waals surface area contributed by atoms with Crippen molar-refractivity contribution in [1.29, 1.82) is 5.41 Å². The van der Waals surface area contributed by atoms with Gasteiger partial charge in [0.15, 0.2) is 0 Å². The lowest BCUT2D eigenvalue weighted by Crippen LogP contribution is -2.37. The van der Waals surface area contributed by atoms with Gasteiger partial charge in [-0.2, -0.15) is 0 Å². The highest BCUT2D eigenvalue weighted by atomic mass is 16.5. The first-order valence-electron chi connectivity index (χ1n) is 9.24. The van der Waals surface area contributed by atoms with E-state index in [4.69, 9.17) is 15.9 Å². The van der Waals surface area contributed by atoms with E-state index in [1.165, 1.54) is 12.8 Å². The van der Waals surface area contributed by atoms with Crippen LogP contribution in [-0.2, 0) is 4.74 Å². The number of hydrogen-bond acceptors (Lipinski definition) is 6. The summed E-state index contributed by atoms with van der Waals surface area (Å²) in [6.45, 7) is 1.84. The van der Waals surface area contributed by atoms with Crippen molar-refractivity contribution in [1.82, 2.24) is 9.97 Å². The van der Waals surface area contributed by atoms with Crippen LogP contribution < -0.4 is 10.6 Å². The quantitative estimate of drug-likeness (QED) is 0.809. The maximum atomic E-state index is 8.67. The summed E-state index contributed by atoms with van der Waals surface area (Å²) in [7, 11) is 1.77. The number of anilines is 2. The number of pyridine rings is 2. The van der Waals surface area contributed by atoms with Gasteiger partial charge in [0.05, 0.1) is 23.7 Å². The summed E-state index contributed by atoms with van der Waals surface area (Å²) in [6.07, 6.45) is 8.17. The number of nitrogens with zero attached hydrogens (tertiary/aromatic N) is 3. The SMILES string of the molecule is COC1CCN(c2cc(C(=N)c3cc(C4CC4)ncc3N)ccn2)CC1. The van der Waals surface area contributed by atoms with E-state index < -0.39 is 0 Å². The summed E-state index contributed by atoms with van der Waals surface area (Å²) in [5.74, 6) is 1.45. The van der Waals surface area contributed by atoms with Crippen LogP contribution in [0.1, 0.15) is 48.4 Å². The van der Waals surface area contributed by atoms with Crippen LogP contribution in [0.3, 0.4) is 0 Å². The largest absolute Gasteiger partial charge is 0.397 e. The van der Waals surface area contributed by atoms with E-state index in [1.54, 1.807) is 19.5 Å². The van der Waals surface area contributed by atoms with Crippen molar-refractivity contribution in [3.05, 3.63) is 47.4 Å². The Morgan fingerprint density at radius 2 is 1.96 bits per heavy atom. The van der Waals surface area contributed by atoms with Crippen LogP contribution in [0.2, 0.25) is 0 Å². The minimum absolute atomic E-state index is 0.338. The van der Waals surface area contributed by atoms with Crippen molar-refractivity contribution >= 4 is 17.2 Å². The molecule has 136 valence electrons. The molecule has 3 N–H and O–H groups in total.